The molecule has 1 unspecified atom stereocenters. The third-order valence-electron chi connectivity index (χ3n) is 3.83. The number of aromatic nitrogens is 2. The quantitative estimate of drug-likeness (QED) is 0.367. The summed E-state index contributed by atoms with van der Waals surface area (Å²) in [6.07, 6.45) is 7.73. The van der Waals surface area contributed by atoms with Gasteiger partial charge in [-0.25, -0.2) is 4.98 Å². The highest BCUT2D eigenvalue weighted by Crippen LogP contribution is 2.34. The fraction of sp³-hybridized carbons (Fsp3) is 0.211. The van der Waals surface area contributed by atoms with Gasteiger partial charge in [0, 0.05) is 38.6 Å². The average Bonchev–Trinajstić information content (AvgIpc) is 3.09. The lowest BCUT2D eigenvalue weighted by Crippen LogP contribution is -2.13. The van der Waals surface area contributed by atoms with Crippen molar-refractivity contribution in [1.82, 2.24) is 9.55 Å². The first-order chi connectivity index (χ1) is 12.1. The minimum absolute atomic E-state index is 0.386. The molecule has 6 heteroatoms. The van der Waals surface area contributed by atoms with Crippen molar-refractivity contribution in [3.8, 4) is 0 Å². The Hall–Kier alpha value is -0.940. The zero-order valence-corrected chi connectivity index (χ0v) is 17.3. The SMILES string of the molecule is Clc1ccc(SC(CCc2ccc(Br)cc2)Cn2ccnc2)c(Cl)c1. The lowest BCUT2D eigenvalue weighted by atomic mass is 10.1. The van der Waals surface area contributed by atoms with Crippen LogP contribution in [0.4, 0.5) is 0 Å². The first-order valence-corrected chi connectivity index (χ1v) is 10.3. The first-order valence-electron chi connectivity index (χ1n) is 7.92. The molecule has 2 aromatic carbocycles. The number of thioether (sulfide) groups is 1. The molecule has 0 radical (unpaired) electrons. The maximum atomic E-state index is 6.36. The normalized spacial score (nSPS) is 12.3. The largest absolute Gasteiger partial charge is 0.336 e. The van der Waals surface area contributed by atoms with Crippen LogP contribution in [-0.4, -0.2) is 14.8 Å². The van der Waals surface area contributed by atoms with Gasteiger partial charge in [0.25, 0.3) is 0 Å². The van der Waals surface area contributed by atoms with Gasteiger partial charge in [0.05, 0.1) is 11.3 Å². The van der Waals surface area contributed by atoms with Gasteiger partial charge in [-0.3, -0.25) is 0 Å². The van der Waals surface area contributed by atoms with E-state index in [9.17, 15) is 0 Å². The summed E-state index contributed by atoms with van der Waals surface area (Å²) in [5.41, 5.74) is 1.33. The molecule has 0 aliphatic heterocycles. The highest BCUT2D eigenvalue weighted by Gasteiger charge is 2.14. The van der Waals surface area contributed by atoms with Crippen molar-refractivity contribution in [3.63, 3.8) is 0 Å². The van der Waals surface area contributed by atoms with E-state index in [-0.39, 0.29) is 0 Å². The van der Waals surface area contributed by atoms with Crippen molar-refractivity contribution < 1.29 is 0 Å². The molecule has 0 saturated heterocycles. The second-order valence-electron chi connectivity index (χ2n) is 5.74. The topological polar surface area (TPSA) is 17.8 Å². The predicted molar refractivity (Wildman–Crippen MR) is 111 cm³/mol. The van der Waals surface area contributed by atoms with Crippen LogP contribution in [0.5, 0.6) is 0 Å². The maximum absolute atomic E-state index is 6.36. The maximum Gasteiger partial charge on any atom is 0.0946 e. The molecule has 3 aromatic rings. The molecule has 1 heterocycles. The number of halogens is 3. The van der Waals surface area contributed by atoms with Gasteiger partial charge in [-0.05, 0) is 48.7 Å². The molecule has 2 nitrogen and oxygen atoms in total. The molecule has 3 rings (SSSR count). The summed E-state index contributed by atoms with van der Waals surface area (Å²) in [5.74, 6) is 0. The Balaban J connectivity index is 1.71. The molecule has 0 N–H and O–H groups in total. The lowest BCUT2D eigenvalue weighted by Gasteiger charge is -2.18. The molecule has 25 heavy (non-hydrogen) atoms. The Morgan fingerprint density at radius 3 is 2.60 bits per heavy atom. The number of benzene rings is 2. The summed E-state index contributed by atoms with van der Waals surface area (Å²) in [4.78, 5) is 5.21. The first kappa shape index (κ1) is 18.8. The van der Waals surface area contributed by atoms with Gasteiger partial charge < -0.3 is 4.57 Å². The molecule has 130 valence electrons. The van der Waals surface area contributed by atoms with Crippen LogP contribution in [0, 0.1) is 0 Å². The van der Waals surface area contributed by atoms with Crippen LogP contribution >= 0.6 is 50.9 Å². The molecular weight excluding hydrogens is 439 g/mol. The molecular formula is C19H17BrCl2N2S. The molecule has 0 amide bonds. The van der Waals surface area contributed by atoms with E-state index in [1.807, 2.05) is 30.9 Å². The van der Waals surface area contributed by atoms with Crippen LogP contribution in [0.25, 0.3) is 0 Å². The van der Waals surface area contributed by atoms with Crippen molar-refractivity contribution in [2.24, 2.45) is 0 Å². The van der Waals surface area contributed by atoms with Crippen molar-refractivity contribution >= 4 is 50.9 Å². The van der Waals surface area contributed by atoms with Crippen LogP contribution in [-0.2, 0) is 13.0 Å². The molecule has 1 atom stereocenters. The summed E-state index contributed by atoms with van der Waals surface area (Å²) in [6.45, 7) is 0.889. The van der Waals surface area contributed by atoms with Crippen LogP contribution in [0.15, 0.2) is 70.6 Å². The van der Waals surface area contributed by atoms with Gasteiger partial charge in [0.15, 0.2) is 0 Å². The summed E-state index contributed by atoms with van der Waals surface area (Å²) >= 11 is 17.7. The number of imidazole rings is 1. The molecule has 0 aliphatic rings. The van der Waals surface area contributed by atoms with E-state index >= 15 is 0 Å². The van der Waals surface area contributed by atoms with Crippen LogP contribution in [0.3, 0.4) is 0 Å². The number of hydrogen-bond acceptors (Lipinski definition) is 2. The van der Waals surface area contributed by atoms with Gasteiger partial charge in [-0.15, -0.1) is 11.8 Å². The van der Waals surface area contributed by atoms with E-state index in [4.69, 9.17) is 23.2 Å². The Morgan fingerprint density at radius 2 is 1.92 bits per heavy atom. The number of aryl methyl sites for hydroxylation is 1. The second kappa shape index (κ2) is 9.13. The molecule has 0 aliphatic carbocycles. The molecule has 0 fully saturated rings. The third kappa shape index (κ3) is 5.78. The van der Waals surface area contributed by atoms with E-state index in [1.165, 1.54) is 5.56 Å². The third-order valence-corrected chi connectivity index (χ3v) is 6.35. The summed E-state index contributed by atoms with van der Waals surface area (Å²) in [7, 11) is 0. The Morgan fingerprint density at radius 1 is 1.12 bits per heavy atom. The number of hydrogen-bond donors (Lipinski definition) is 0. The Bertz CT molecular complexity index is 807. The van der Waals surface area contributed by atoms with E-state index < -0.39 is 0 Å². The van der Waals surface area contributed by atoms with Crippen molar-refractivity contribution in [2.45, 2.75) is 29.5 Å². The molecule has 1 aromatic heterocycles. The zero-order chi connectivity index (χ0) is 17.6. The van der Waals surface area contributed by atoms with Crippen LogP contribution in [0.2, 0.25) is 10.0 Å². The van der Waals surface area contributed by atoms with Gasteiger partial charge in [0.1, 0.15) is 0 Å². The van der Waals surface area contributed by atoms with E-state index in [2.05, 4.69) is 49.7 Å². The number of rotatable bonds is 7. The lowest BCUT2D eigenvalue weighted by molar-refractivity contribution is 0.624. The fourth-order valence-electron chi connectivity index (χ4n) is 2.55. The van der Waals surface area contributed by atoms with E-state index in [1.54, 1.807) is 17.8 Å². The highest BCUT2D eigenvalue weighted by atomic mass is 79.9. The predicted octanol–water partition coefficient (Wildman–Crippen LogP) is 6.75. The highest BCUT2D eigenvalue weighted by molar-refractivity contribution is 9.10. The summed E-state index contributed by atoms with van der Waals surface area (Å²) in [5, 5.41) is 1.75. The zero-order valence-electron chi connectivity index (χ0n) is 13.4. The smallest absolute Gasteiger partial charge is 0.0946 e. The minimum atomic E-state index is 0.386. The van der Waals surface area contributed by atoms with E-state index in [0.29, 0.717) is 15.3 Å². The van der Waals surface area contributed by atoms with E-state index in [0.717, 1.165) is 28.8 Å². The second-order valence-corrected chi connectivity index (χ2v) is 8.84. The van der Waals surface area contributed by atoms with Crippen molar-refractivity contribution in [3.05, 3.63) is 81.3 Å². The standard InChI is InChI=1S/C19H17BrCl2N2S/c20-15-4-1-14(2-5-15)3-7-17(12-24-10-9-23-13-24)25-19-8-6-16(21)11-18(19)22/h1-2,4-6,8-11,13,17H,3,7,12H2. The van der Waals surface area contributed by atoms with Crippen LogP contribution < -0.4 is 0 Å². The van der Waals surface area contributed by atoms with Crippen molar-refractivity contribution in [2.75, 3.05) is 0 Å². The van der Waals surface area contributed by atoms with Gasteiger partial charge >= 0.3 is 0 Å². The average molecular weight is 456 g/mol. The molecule has 0 spiro atoms. The van der Waals surface area contributed by atoms with Crippen molar-refractivity contribution in [1.29, 1.82) is 0 Å². The molecule has 0 saturated carbocycles. The van der Waals surface area contributed by atoms with Gasteiger partial charge in [-0.1, -0.05) is 51.3 Å². The number of nitrogens with zero attached hydrogens (tertiary/aromatic N) is 2. The summed E-state index contributed by atoms with van der Waals surface area (Å²) in [6, 6.07) is 14.2. The Labute approximate surface area is 170 Å². The molecule has 0 bridgehead atoms. The van der Waals surface area contributed by atoms with Gasteiger partial charge in [0.2, 0.25) is 0 Å². The summed E-state index contributed by atoms with van der Waals surface area (Å²) < 4.78 is 3.22. The minimum Gasteiger partial charge on any atom is -0.336 e. The monoisotopic (exact) mass is 454 g/mol. The fourth-order valence-corrected chi connectivity index (χ4v) is 4.51. The Kier molecular flexibility index (Phi) is 6.88. The van der Waals surface area contributed by atoms with Gasteiger partial charge in [-0.2, -0.15) is 0 Å². The van der Waals surface area contributed by atoms with Crippen LogP contribution in [0.1, 0.15) is 12.0 Å².